The number of aliphatic hydroxyl groups excluding tert-OH is 1. The zero-order chi connectivity index (χ0) is 30.3. The molecule has 8 nitrogen and oxygen atoms in total. The molecule has 11 heteroatoms. The number of pyridine rings is 1. The first-order valence-electron chi connectivity index (χ1n) is 14.1. The zero-order valence-electron chi connectivity index (χ0n) is 23.3. The summed E-state index contributed by atoms with van der Waals surface area (Å²) in [5, 5.41) is 27.2. The molecule has 1 amide bonds. The van der Waals surface area contributed by atoms with Crippen LogP contribution in [0.2, 0.25) is 0 Å². The Balaban J connectivity index is 1.45. The molecule has 0 saturated carbocycles. The van der Waals surface area contributed by atoms with Crippen molar-refractivity contribution in [3.63, 3.8) is 0 Å². The van der Waals surface area contributed by atoms with E-state index in [1.54, 1.807) is 6.20 Å². The van der Waals surface area contributed by atoms with E-state index in [0.717, 1.165) is 22.4 Å². The van der Waals surface area contributed by atoms with Crippen LogP contribution in [0.15, 0.2) is 72.9 Å². The highest BCUT2D eigenvalue weighted by molar-refractivity contribution is 5.97. The SMILES string of the molecule is Cc1cc(N2CCC(c3nn(C(c4ccccc4)c4ccccc4)c4c3[C@H](C(F)(F)F)[C@H](O)C(=O)N4)CC2)cnc1C#N. The van der Waals surface area contributed by atoms with E-state index >= 15 is 0 Å². The number of nitrogens with one attached hydrogen (secondary N) is 1. The summed E-state index contributed by atoms with van der Waals surface area (Å²) < 4.78 is 45.3. The molecule has 0 aliphatic carbocycles. The van der Waals surface area contributed by atoms with Gasteiger partial charge in [0.15, 0.2) is 0 Å². The van der Waals surface area contributed by atoms with Crippen LogP contribution in [0.5, 0.6) is 0 Å². The van der Waals surface area contributed by atoms with Gasteiger partial charge in [-0.2, -0.15) is 23.5 Å². The third-order valence-corrected chi connectivity index (χ3v) is 8.36. The van der Waals surface area contributed by atoms with Crippen LogP contribution in [0.25, 0.3) is 0 Å². The van der Waals surface area contributed by atoms with Crippen LogP contribution in [0, 0.1) is 18.3 Å². The number of amides is 1. The van der Waals surface area contributed by atoms with Gasteiger partial charge in [0, 0.05) is 24.6 Å². The van der Waals surface area contributed by atoms with Crippen molar-refractivity contribution in [1.82, 2.24) is 14.8 Å². The molecule has 2 aliphatic rings. The minimum Gasteiger partial charge on any atom is -0.382 e. The molecule has 0 unspecified atom stereocenters. The highest BCUT2D eigenvalue weighted by atomic mass is 19.4. The number of carbonyl (C=O) groups excluding carboxylic acids is 1. The lowest BCUT2D eigenvalue weighted by atomic mass is 9.82. The Hall–Kier alpha value is -4.69. The number of aromatic nitrogens is 3. The van der Waals surface area contributed by atoms with E-state index in [-0.39, 0.29) is 23.0 Å². The van der Waals surface area contributed by atoms with Crippen LogP contribution in [0.4, 0.5) is 24.7 Å². The molecule has 1 saturated heterocycles. The number of aryl methyl sites for hydroxylation is 1. The van der Waals surface area contributed by atoms with Crippen molar-refractivity contribution in [1.29, 1.82) is 5.26 Å². The van der Waals surface area contributed by atoms with Crippen molar-refractivity contribution < 1.29 is 23.1 Å². The van der Waals surface area contributed by atoms with E-state index in [4.69, 9.17) is 5.10 Å². The molecule has 220 valence electrons. The highest BCUT2D eigenvalue weighted by Crippen LogP contribution is 2.49. The summed E-state index contributed by atoms with van der Waals surface area (Å²) in [4.78, 5) is 19.1. The number of anilines is 2. The Morgan fingerprint density at radius 2 is 1.65 bits per heavy atom. The standard InChI is InChI=1S/C32H29F3N6O2/c1-19-16-23(18-37-24(19)17-36)40-14-12-20(13-15-40)27-25-26(32(33,34)35)29(42)31(43)38-30(25)41(39-27)28(21-8-4-2-5-9-21)22-10-6-3-7-11-22/h2-11,16,18,20,26,28-29,42H,12-15H2,1H3,(H,38,43)/t26-,29-/m0/s1. The fraction of sp³-hybridized carbons (Fsp3) is 0.312. The zero-order valence-corrected chi connectivity index (χ0v) is 23.3. The van der Waals surface area contributed by atoms with E-state index in [0.29, 0.717) is 31.6 Å². The number of halogens is 3. The number of hydrogen-bond donors (Lipinski definition) is 2. The highest BCUT2D eigenvalue weighted by Gasteiger charge is 2.54. The number of nitriles is 1. The van der Waals surface area contributed by atoms with E-state index in [9.17, 15) is 28.3 Å². The second-order valence-electron chi connectivity index (χ2n) is 11.0. The van der Waals surface area contributed by atoms with Crippen molar-refractivity contribution >= 4 is 17.4 Å². The number of alkyl halides is 3. The van der Waals surface area contributed by atoms with Gasteiger partial charge in [0.1, 0.15) is 35.6 Å². The molecule has 0 spiro atoms. The molecule has 6 rings (SSSR count). The van der Waals surface area contributed by atoms with Crippen molar-refractivity contribution in [3.05, 3.63) is 107 Å². The molecule has 0 radical (unpaired) electrons. The molecule has 4 heterocycles. The lowest BCUT2D eigenvalue weighted by Gasteiger charge is -2.35. The lowest BCUT2D eigenvalue weighted by molar-refractivity contribution is -0.177. The first-order chi connectivity index (χ1) is 20.7. The van der Waals surface area contributed by atoms with Gasteiger partial charge in [0.25, 0.3) is 5.91 Å². The number of rotatable bonds is 5. The first kappa shape index (κ1) is 28.4. The predicted octanol–water partition coefficient (Wildman–Crippen LogP) is 5.44. The monoisotopic (exact) mass is 586 g/mol. The molecular weight excluding hydrogens is 557 g/mol. The fourth-order valence-corrected chi connectivity index (χ4v) is 6.23. The maximum Gasteiger partial charge on any atom is 0.398 e. The maximum absolute atomic E-state index is 14.6. The van der Waals surface area contributed by atoms with Gasteiger partial charge in [0.2, 0.25) is 0 Å². The quantitative estimate of drug-likeness (QED) is 0.323. The summed E-state index contributed by atoms with van der Waals surface area (Å²) in [6, 6.07) is 21.9. The van der Waals surface area contributed by atoms with Gasteiger partial charge in [-0.15, -0.1) is 0 Å². The topological polar surface area (TPSA) is 107 Å². The number of hydrogen-bond acceptors (Lipinski definition) is 6. The second kappa shape index (κ2) is 11.2. The normalized spacial score (nSPS) is 19.2. The van der Waals surface area contributed by atoms with Gasteiger partial charge in [-0.1, -0.05) is 60.7 Å². The molecule has 1 fully saturated rings. The molecule has 0 bridgehead atoms. The summed E-state index contributed by atoms with van der Waals surface area (Å²) in [5.74, 6) is -3.91. The average molecular weight is 587 g/mol. The Morgan fingerprint density at radius 1 is 1.05 bits per heavy atom. The minimum absolute atomic E-state index is 0.0420. The van der Waals surface area contributed by atoms with Gasteiger partial charge in [-0.25, -0.2) is 9.67 Å². The second-order valence-corrected chi connectivity index (χ2v) is 11.0. The summed E-state index contributed by atoms with van der Waals surface area (Å²) in [7, 11) is 0. The van der Waals surface area contributed by atoms with Crippen molar-refractivity contribution in [2.45, 2.75) is 49.9 Å². The van der Waals surface area contributed by atoms with E-state index in [1.807, 2.05) is 73.7 Å². The third kappa shape index (κ3) is 5.23. The van der Waals surface area contributed by atoms with Gasteiger partial charge in [-0.05, 0) is 42.5 Å². The third-order valence-electron chi connectivity index (χ3n) is 8.36. The van der Waals surface area contributed by atoms with E-state index < -0.39 is 30.1 Å². The Labute approximate surface area is 246 Å². The molecule has 2 aliphatic heterocycles. The number of carbonyl (C=O) groups is 1. The Kier molecular flexibility index (Phi) is 7.40. The van der Waals surface area contributed by atoms with Crippen LogP contribution in [0.3, 0.4) is 0 Å². The van der Waals surface area contributed by atoms with Crippen LogP contribution in [0.1, 0.15) is 64.4 Å². The largest absolute Gasteiger partial charge is 0.398 e. The summed E-state index contributed by atoms with van der Waals surface area (Å²) >= 11 is 0. The molecule has 2 atom stereocenters. The maximum atomic E-state index is 14.6. The molecule has 2 aromatic carbocycles. The summed E-state index contributed by atoms with van der Waals surface area (Å²) in [5.41, 5.74) is 3.57. The Bertz CT molecular complexity index is 1640. The van der Waals surface area contributed by atoms with E-state index in [2.05, 4.69) is 21.3 Å². The van der Waals surface area contributed by atoms with Crippen molar-refractivity contribution in [3.8, 4) is 6.07 Å². The number of nitrogens with zero attached hydrogens (tertiary/aromatic N) is 5. The molecular formula is C32H29F3N6O2. The van der Waals surface area contributed by atoms with Gasteiger partial charge in [-0.3, -0.25) is 4.79 Å². The Morgan fingerprint density at radius 3 is 2.19 bits per heavy atom. The molecule has 4 aromatic rings. The van der Waals surface area contributed by atoms with E-state index in [1.165, 1.54) is 4.68 Å². The summed E-state index contributed by atoms with van der Waals surface area (Å²) in [6.45, 7) is 2.88. The van der Waals surface area contributed by atoms with Crippen LogP contribution in [-0.2, 0) is 4.79 Å². The first-order valence-corrected chi connectivity index (χ1v) is 14.1. The molecule has 43 heavy (non-hydrogen) atoms. The average Bonchev–Trinajstić information content (AvgIpc) is 3.36. The predicted molar refractivity (Wildman–Crippen MR) is 154 cm³/mol. The van der Waals surface area contributed by atoms with Gasteiger partial charge < -0.3 is 15.3 Å². The number of fused-ring (bicyclic) bond motifs is 1. The molecule has 2 aromatic heterocycles. The van der Waals surface area contributed by atoms with Crippen molar-refractivity contribution in [2.75, 3.05) is 23.3 Å². The fourth-order valence-electron chi connectivity index (χ4n) is 6.23. The minimum atomic E-state index is -4.88. The molecule has 2 N–H and O–H groups in total. The number of piperidine rings is 1. The summed E-state index contributed by atoms with van der Waals surface area (Å²) in [6.07, 6.45) is -4.53. The van der Waals surface area contributed by atoms with Crippen molar-refractivity contribution in [2.24, 2.45) is 0 Å². The number of benzene rings is 2. The van der Waals surface area contributed by atoms with Crippen LogP contribution < -0.4 is 10.2 Å². The van der Waals surface area contributed by atoms with Gasteiger partial charge in [0.05, 0.1) is 17.6 Å². The number of aliphatic hydroxyl groups is 1. The smallest absolute Gasteiger partial charge is 0.382 e. The van der Waals surface area contributed by atoms with Gasteiger partial charge >= 0.3 is 6.18 Å². The van der Waals surface area contributed by atoms with Crippen LogP contribution >= 0.6 is 0 Å². The van der Waals surface area contributed by atoms with Crippen LogP contribution in [-0.4, -0.2) is 51.1 Å². The lowest BCUT2D eigenvalue weighted by Crippen LogP contribution is -2.45.